The Bertz CT molecular complexity index is 445. The monoisotopic (exact) mass is 329 g/mol. The lowest BCUT2D eigenvalue weighted by molar-refractivity contribution is 1.36. The summed E-state index contributed by atoms with van der Waals surface area (Å²) in [6.45, 7) is 0. The minimum atomic E-state index is 0. The van der Waals surface area contributed by atoms with Gasteiger partial charge in [-0.3, -0.25) is 0 Å². The van der Waals surface area contributed by atoms with Crippen LogP contribution in [0, 0.1) is 0 Å². The molecular formula is C13H13BrClNS. The van der Waals surface area contributed by atoms with E-state index in [1.165, 1.54) is 5.56 Å². The molecule has 2 N–H and O–H groups in total. The first-order valence-electron chi connectivity index (χ1n) is 4.98. The van der Waals surface area contributed by atoms with E-state index in [9.17, 15) is 0 Å². The topological polar surface area (TPSA) is 26.0 Å². The number of benzene rings is 2. The van der Waals surface area contributed by atoms with E-state index >= 15 is 0 Å². The lowest BCUT2D eigenvalue weighted by atomic mass is 10.2. The van der Waals surface area contributed by atoms with Gasteiger partial charge in [0.25, 0.3) is 0 Å². The maximum Gasteiger partial charge on any atom is 0.0452 e. The largest absolute Gasteiger partial charge is 0.398 e. The molecule has 0 aliphatic rings. The molecule has 0 unspecified atom stereocenters. The molecule has 0 fully saturated rings. The van der Waals surface area contributed by atoms with E-state index in [0.29, 0.717) is 0 Å². The van der Waals surface area contributed by atoms with E-state index in [2.05, 4.69) is 40.2 Å². The molecule has 0 radical (unpaired) electrons. The third-order valence-electron chi connectivity index (χ3n) is 2.26. The van der Waals surface area contributed by atoms with Crippen molar-refractivity contribution in [3.05, 3.63) is 58.6 Å². The van der Waals surface area contributed by atoms with Gasteiger partial charge >= 0.3 is 0 Å². The van der Waals surface area contributed by atoms with Crippen molar-refractivity contribution in [2.75, 3.05) is 5.73 Å². The van der Waals surface area contributed by atoms with Gasteiger partial charge in [-0.15, -0.1) is 24.2 Å². The van der Waals surface area contributed by atoms with Gasteiger partial charge in [-0.2, -0.15) is 0 Å². The highest BCUT2D eigenvalue weighted by molar-refractivity contribution is 9.10. The highest BCUT2D eigenvalue weighted by Gasteiger charge is 2.02. The predicted molar refractivity (Wildman–Crippen MR) is 81.8 cm³/mol. The molecule has 0 amide bonds. The van der Waals surface area contributed by atoms with Crippen LogP contribution in [0.1, 0.15) is 5.56 Å². The lowest BCUT2D eigenvalue weighted by Gasteiger charge is -2.06. The second kappa shape index (κ2) is 6.94. The SMILES string of the molecule is Cl.Nc1ccccc1SCc1ccccc1Br. The molecule has 2 aromatic rings. The smallest absolute Gasteiger partial charge is 0.0452 e. The van der Waals surface area contributed by atoms with Crippen molar-refractivity contribution in [3.63, 3.8) is 0 Å². The van der Waals surface area contributed by atoms with Crippen molar-refractivity contribution in [2.24, 2.45) is 0 Å². The van der Waals surface area contributed by atoms with Crippen molar-refractivity contribution in [2.45, 2.75) is 10.6 Å². The summed E-state index contributed by atoms with van der Waals surface area (Å²) in [6.07, 6.45) is 0. The lowest BCUT2D eigenvalue weighted by Crippen LogP contribution is -1.88. The summed E-state index contributed by atoms with van der Waals surface area (Å²) in [5, 5.41) is 0. The summed E-state index contributed by atoms with van der Waals surface area (Å²) in [7, 11) is 0. The van der Waals surface area contributed by atoms with Gasteiger partial charge in [0.05, 0.1) is 0 Å². The third-order valence-corrected chi connectivity index (χ3v) is 4.17. The van der Waals surface area contributed by atoms with Gasteiger partial charge in [-0.25, -0.2) is 0 Å². The molecule has 0 atom stereocenters. The Labute approximate surface area is 120 Å². The molecule has 0 saturated heterocycles. The molecule has 0 heterocycles. The van der Waals surface area contributed by atoms with Gasteiger partial charge in [0.15, 0.2) is 0 Å². The first-order valence-corrected chi connectivity index (χ1v) is 6.76. The van der Waals surface area contributed by atoms with Crippen LogP contribution in [0.4, 0.5) is 5.69 Å². The normalized spacial score (nSPS) is 9.71. The molecule has 0 aromatic heterocycles. The number of nitrogens with two attached hydrogens (primary N) is 1. The average molecular weight is 331 g/mol. The van der Waals surface area contributed by atoms with Crippen LogP contribution < -0.4 is 5.73 Å². The van der Waals surface area contributed by atoms with Crippen molar-refractivity contribution in [3.8, 4) is 0 Å². The van der Waals surface area contributed by atoms with Crippen LogP contribution in [-0.2, 0) is 5.75 Å². The van der Waals surface area contributed by atoms with Crippen LogP contribution in [0.3, 0.4) is 0 Å². The van der Waals surface area contributed by atoms with Crippen molar-refractivity contribution < 1.29 is 0 Å². The molecule has 90 valence electrons. The molecule has 0 aliphatic carbocycles. The van der Waals surface area contributed by atoms with E-state index in [1.54, 1.807) is 11.8 Å². The summed E-state index contributed by atoms with van der Waals surface area (Å²) < 4.78 is 1.15. The van der Waals surface area contributed by atoms with Crippen LogP contribution in [0.5, 0.6) is 0 Å². The summed E-state index contributed by atoms with van der Waals surface area (Å²) in [6, 6.07) is 16.2. The van der Waals surface area contributed by atoms with Crippen molar-refractivity contribution >= 4 is 45.8 Å². The first kappa shape index (κ1) is 14.4. The minimum absolute atomic E-state index is 0. The van der Waals surface area contributed by atoms with Crippen LogP contribution in [0.2, 0.25) is 0 Å². The Kier molecular flexibility index (Phi) is 5.89. The molecule has 0 aliphatic heterocycles. The quantitative estimate of drug-likeness (QED) is 0.649. The molecule has 0 bridgehead atoms. The molecular weight excluding hydrogens is 318 g/mol. The fraction of sp³-hybridized carbons (Fsp3) is 0.0769. The summed E-state index contributed by atoms with van der Waals surface area (Å²) >= 11 is 5.30. The predicted octanol–water partition coefficient (Wildman–Crippen LogP) is 4.75. The Hall–Kier alpha value is -0.640. The van der Waals surface area contributed by atoms with Gasteiger partial charge in [0.2, 0.25) is 0 Å². The maximum atomic E-state index is 5.89. The number of nitrogen functional groups attached to an aromatic ring is 1. The fourth-order valence-corrected chi connectivity index (χ4v) is 2.97. The fourth-order valence-electron chi connectivity index (χ4n) is 1.38. The standard InChI is InChI=1S/C13H12BrNS.ClH/c14-11-6-2-1-5-10(11)9-16-13-8-4-3-7-12(13)15;/h1-8H,9,15H2;1H. The van der Waals surface area contributed by atoms with Gasteiger partial charge in [0, 0.05) is 20.8 Å². The Balaban J connectivity index is 0.00000144. The van der Waals surface area contributed by atoms with Gasteiger partial charge in [0.1, 0.15) is 0 Å². The molecule has 2 aromatic carbocycles. The number of rotatable bonds is 3. The van der Waals surface area contributed by atoms with Crippen LogP contribution in [0.25, 0.3) is 0 Å². The van der Waals surface area contributed by atoms with Crippen LogP contribution in [0.15, 0.2) is 57.9 Å². The second-order valence-electron chi connectivity index (χ2n) is 3.42. The highest BCUT2D eigenvalue weighted by atomic mass is 79.9. The number of halogens is 2. The Morgan fingerprint density at radius 1 is 1.00 bits per heavy atom. The van der Waals surface area contributed by atoms with Crippen LogP contribution >= 0.6 is 40.1 Å². The molecule has 0 saturated carbocycles. The zero-order chi connectivity index (χ0) is 11.4. The van der Waals surface area contributed by atoms with Gasteiger partial charge in [-0.05, 0) is 23.8 Å². The van der Waals surface area contributed by atoms with Crippen LogP contribution in [-0.4, -0.2) is 0 Å². The highest BCUT2D eigenvalue weighted by Crippen LogP contribution is 2.30. The Morgan fingerprint density at radius 2 is 1.65 bits per heavy atom. The average Bonchev–Trinajstić information content (AvgIpc) is 2.30. The van der Waals surface area contributed by atoms with Crippen molar-refractivity contribution in [1.29, 1.82) is 0 Å². The number of hydrogen-bond donors (Lipinski definition) is 1. The number of anilines is 1. The molecule has 2 rings (SSSR count). The second-order valence-corrected chi connectivity index (χ2v) is 5.29. The van der Waals surface area contributed by atoms with Gasteiger partial charge in [-0.1, -0.05) is 46.3 Å². The minimum Gasteiger partial charge on any atom is -0.398 e. The summed E-state index contributed by atoms with van der Waals surface area (Å²) in [4.78, 5) is 1.14. The summed E-state index contributed by atoms with van der Waals surface area (Å²) in [5.74, 6) is 0.926. The molecule has 17 heavy (non-hydrogen) atoms. The van der Waals surface area contributed by atoms with Crippen molar-refractivity contribution in [1.82, 2.24) is 0 Å². The zero-order valence-corrected chi connectivity index (χ0v) is 12.3. The number of thioether (sulfide) groups is 1. The molecule has 0 spiro atoms. The zero-order valence-electron chi connectivity index (χ0n) is 9.10. The third kappa shape index (κ3) is 3.95. The molecule has 1 nitrogen and oxygen atoms in total. The number of para-hydroxylation sites is 1. The first-order chi connectivity index (χ1) is 7.77. The van der Waals surface area contributed by atoms with E-state index in [1.807, 2.05) is 24.3 Å². The van der Waals surface area contributed by atoms with E-state index in [4.69, 9.17) is 5.73 Å². The van der Waals surface area contributed by atoms with Gasteiger partial charge < -0.3 is 5.73 Å². The van der Waals surface area contributed by atoms with E-state index in [-0.39, 0.29) is 12.4 Å². The molecule has 4 heteroatoms. The van der Waals surface area contributed by atoms with E-state index < -0.39 is 0 Å². The number of hydrogen-bond acceptors (Lipinski definition) is 2. The maximum absolute atomic E-state index is 5.89. The summed E-state index contributed by atoms with van der Waals surface area (Å²) in [5.41, 5.74) is 8.02. The Morgan fingerprint density at radius 3 is 2.35 bits per heavy atom. The van der Waals surface area contributed by atoms with E-state index in [0.717, 1.165) is 20.8 Å².